The van der Waals surface area contributed by atoms with Crippen LogP contribution in [0.2, 0.25) is 0 Å². The van der Waals surface area contributed by atoms with Crippen molar-refractivity contribution in [1.29, 1.82) is 0 Å². The fourth-order valence-corrected chi connectivity index (χ4v) is 3.01. The van der Waals surface area contributed by atoms with E-state index in [2.05, 4.69) is 24.1 Å². The molecule has 1 fully saturated rings. The number of nitrogens with zero attached hydrogens (tertiary/aromatic N) is 1. The van der Waals surface area contributed by atoms with Gasteiger partial charge in [-0.25, -0.2) is 0 Å². The summed E-state index contributed by atoms with van der Waals surface area (Å²) in [6, 6.07) is 6.56. The van der Waals surface area contributed by atoms with Crippen molar-refractivity contribution in [3.05, 3.63) is 29.8 Å². The molecule has 1 atom stereocenters. The number of hydrogen-bond donors (Lipinski definition) is 1. The Balaban J connectivity index is 1.72. The van der Waals surface area contributed by atoms with Gasteiger partial charge in [0.25, 0.3) is 0 Å². The van der Waals surface area contributed by atoms with Gasteiger partial charge in [0, 0.05) is 18.8 Å². The lowest BCUT2D eigenvalue weighted by atomic mass is 9.98. The molecule has 5 heteroatoms. The van der Waals surface area contributed by atoms with Crippen molar-refractivity contribution in [2.45, 2.75) is 39.3 Å². The van der Waals surface area contributed by atoms with Gasteiger partial charge in [-0.1, -0.05) is 26.0 Å². The van der Waals surface area contributed by atoms with Crippen molar-refractivity contribution in [3.63, 3.8) is 0 Å². The third kappa shape index (κ3) is 6.81. The molecular formula is C18H27F3N2. The Hall–Kier alpha value is -1.23. The van der Waals surface area contributed by atoms with Gasteiger partial charge in [0.1, 0.15) is 0 Å². The van der Waals surface area contributed by atoms with Gasteiger partial charge in [0.2, 0.25) is 0 Å². The average molecular weight is 328 g/mol. The summed E-state index contributed by atoms with van der Waals surface area (Å²) in [5, 5.41) is 3.32. The van der Waals surface area contributed by atoms with Gasteiger partial charge in [-0.05, 0) is 55.5 Å². The van der Waals surface area contributed by atoms with Crippen LogP contribution >= 0.6 is 0 Å². The second kappa shape index (κ2) is 8.04. The van der Waals surface area contributed by atoms with Crippen molar-refractivity contribution in [2.75, 3.05) is 31.5 Å². The van der Waals surface area contributed by atoms with Gasteiger partial charge in [-0.3, -0.25) is 0 Å². The van der Waals surface area contributed by atoms with E-state index in [1.807, 2.05) is 0 Å². The number of anilines is 1. The van der Waals surface area contributed by atoms with Crippen LogP contribution in [-0.4, -0.2) is 37.3 Å². The standard InChI is InChI=1S/C18H27F3N2/c1-14-7-9-23(10-8-14)13-15(2)12-22-17-5-3-16(4-6-17)11-18(19,20)21/h3-6,14-15,22H,7-13H2,1-2H3. The van der Waals surface area contributed by atoms with Crippen LogP contribution in [0.25, 0.3) is 0 Å². The van der Waals surface area contributed by atoms with E-state index in [4.69, 9.17) is 0 Å². The van der Waals surface area contributed by atoms with Crippen LogP contribution in [0.4, 0.5) is 18.9 Å². The van der Waals surface area contributed by atoms with Gasteiger partial charge < -0.3 is 10.2 Å². The highest BCUT2D eigenvalue weighted by atomic mass is 19.4. The lowest BCUT2D eigenvalue weighted by Gasteiger charge is -2.32. The minimum atomic E-state index is -4.14. The lowest BCUT2D eigenvalue weighted by molar-refractivity contribution is -0.127. The molecule has 1 aromatic rings. The Labute approximate surface area is 137 Å². The number of hydrogen-bond acceptors (Lipinski definition) is 2. The first kappa shape index (κ1) is 18.1. The second-order valence-electron chi connectivity index (χ2n) is 6.96. The quantitative estimate of drug-likeness (QED) is 0.823. The molecule has 0 aliphatic carbocycles. The molecule has 1 aromatic carbocycles. The molecule has 1 aliphatic rings. The first-order chi connectivity index (χ1) is 10.8. The third-order valence-electron chi connectivity index (χ3n) is 4.46. The van der Waals surface area contributed by atoms with E-state index in [0.717, 1.165) is 24.7 Å². The Morgan fingerprint density at radius 1 is 1.17 bits per heavy atom. The van der Waals surface area contributed by atoms with Crippen LogP contribution in [0.15, 0.2) is 24.3 Å². The zero-order chi connectivity index (χ0) is 16.9. The zero-order valence-electron chi connectivity index (χ0n) is 14.0. The molecule has 1 heterocycles. The average Bonchev–Trinajstić information content (AvgIpc) is 2.47. The molecule has 0 radical (unpaired) electrons. The second-order valence-corrected chi connectivity index (χ2v) is 6.96. The van der Waals surface area contributed by atoms with Gasteiger partial charge in [0.05, 0.1) is 6.42 Å². The van der Waals surface area contributed by atoms with Gasteiger partial charge in [-0.15, -0.1) is 0 Å². The number of likely N-dealkylation sites (tertiary alicyclic amines) is 1. The first-order valence-corrected chi connectivity index (χ1v) is 8.44. The highest BCUT2D eigenvalue weighted by molar-refractivity contribution is 5.44. The molecule has 23 heavy (non-hydrogen) atoms. The molecule has 1 aliphatic heterocycles. The monoisotopic (exact) mass is 328 g/mol. The van der Waals surface area contributed by atoms with Crippen molar-refractivity contribution < 1.29 is 13.2 Å². The molecule has 0 amide bonds. The van der Waals surface area contributed by atoms with Crippen LogP contribution < -0.4 is 5.32 Å². The van der Waals surface area contributed by atoms with Crippen molar-refractivity contribution in [1.82, 2.24) is 4.90 Å². The molecule has 0 bridgehead atoms. The number of rotatable bonds is 6. The molecular weight excluding hydrogens is 301 g/mol. The maximum absolute atomic E-state index is 12.3. The van der Waals surface area contributed by atoms with Gasteiger partial charge in [-0.2, -0.15) is 13.2 Å². The summed E-state index contributed by atoms with van der Waals surface area (Å²) < 4.78 is 37.0. The van der Waals surface area contributed by atoms with Crippen LogP contribution in [0.5, 0.6) is 0 Å². The molecule has 130 valence electrons. The summed E-state index contributed by atoms with van der Waals surface area (Å²) in [5.41, 5.74) is 1.19. The largest absolute Gasteiger partial charge is 0.393 e. The zero-order valence-corrected chi connectivity index (χ0v) is 14.0. The normalized spacial score (nSPS) is 18.8. The van der Waals surface area contributed by atoms with Crippen LogP contribution in [0.1, 0.15) is 32.3 Å². The topological polar surface area (TPSA) is 15.3 Å². The summed E-state index contributed by atoms with van der Waals surface area (Å²) in [7, 11) is 0. The Bertz CT molecular complexity index is 462. The van der Waals surface area contributed by atoms with Gasteiger partial charge >= 0.3 is 6.18 Å². The molecule has 0 spiro atoms. The predicted octanol–water partition coefficient (Wildman–Crippen LogP) is 4.57. The van der Waals surface area contributed by atoms with E-state index in [9.17, 15) is 13.2 Å². The predicted molar refractivity (Wildman–Crippen MR) is 88.7 cm³/mol. The molecule has 1 N–H and O–H groups in total. The van der Waals surface area contributed by atoms with Crippen LogP contribution in [0.3, 0.4) is 0 Å². The first-order valence-electron chi connectivity index (χ1n) is 8.44. The third-order valence-corrected chi connectivity index (χ3v) is 4.46. The van der Waals surface area contributed by atoms with Crippen LogP contribution in [0, 0.1) is 11.8 Å². The number of alkyl halides is 3. The maximum Gasteiger partial charge on any atom is 0.393 e. The summed E-state index contributed by atoms with van der Waals surface area (Å²) in [4.78, 5) is 2.51. The summed E-state index contributed by atoms with van der Waals surface area (Å²) in [6.07, 6.45) is -2.45. The molecule has 1 saturated heterocycles. The number of piperidine rings is 1. The molecule has 1 unspecified atom stereocenters. The minimum absolute atomic E-state index is 0.304. The molecule has 0 saturated carbocycles. The fourth-order valence-electron chi connectivity index (χ4n) is 3.01. The van der Waals surface area contributed by atoms with Crippen molar-refractivity contribution >= 4 is 5.69 Å². The summed E-state index contributed by atoms with van der Waals surface area (Å²) in [6.45, 7) is 8.79. The minimum Gasteiger partial charge on any atom is -0.385 e. The molecule has 2 nitrogen and oxygen atoms in total. The Kier molecular flexibility index (Phi) is 6.33. The molecule has 0 aromatic heterocycles. The molecule has 2 rings (SSSR count). The van der Waals surface area contributed by atoms with E-state index in [0.29, 0.717) is 11.5 Å². The Morgan fingerprint density at radius 3 is 2.35 bits per heavy atom. The van der Waals surface area contributed by atoms with E-state index in [1.54, 1.807) is 24.3 Å². The number of benzene rings is 1. The highest BCUT2D eigenvalue weighted by Crippen LogP contribution is 2.22. The highest BCUT2D eigenvalue weighted by Gasteiger charge is 2.27. The number of halogens is 3. The van der Waals surface area contributed by atoms with Crippen LogP contribution in [-0.2, 0) is 6.42 Å². The van der Waals surface area contributed by atoms with Gasteiger partial charge in [0.15, 0.2) is 0 Å². The SMILES string of the molecule is CC1CCN(CC(C)CNc2ccc(CC(F)(F)F)cc2)CC1. The smallest absolute Gasteiger partial charge is 0.385 e. The van der Waals surface area contributed by atoms with E-state index in [1.165, 1.54) is 25.9 Å². The van der Waals surface area contributed by atoms with Crippen molar-refractivity contribution in [2.24, 2.45) is 11.8 Å². The maximum atomic E-state index is 12.3. The lowest BCUT2D eigenvalue weighted by Crippen LogP contribution is -2.37. The van der Waals surface area contributed by atoms with E-state index >= 15 is 0 Å². The van der Waals surface area contributed by atoms with Crippen molar-refractivity contribution in [3.8, 4) is 0 Å². The fraction of sp³-hybridized carbons (Fsp3) is 0.667. The summed E-state index contributed by atoms with van der Waals surface area (Å²) >= 11 is 0. The summed E-state index contributed by atoms with van der Waals surface area (Å²) in [5.74, 6) is 1.35. The van der Waals surface area contributed by atoms with E-state index < -0.39 is 12.6 Å². The van der Waals surface area contributed by atoms with E-state index in [-0.39, 0.29) is 0 Å². The Morgan fingerprint density at radius 2 is 1.78 bits per heavy atom. The number of nitrogens with one attached hydrogen (secondary N) is 1.